The predicted molar refractivity (Wildman–Crippen MR) is 89.5 cm³/mol. The van der Waals surface area contributed by atoms with Gasteiger partial charge in [0.25, 0.3) is 0 Å². The molecule has 0 bridgehead atoms. The number of carbonyl (C=O) groups is 1. The fourth-order valence-corrected chi connectivity index (χ4v) is 2.73. The molecule has 1 heterocycles. The smallest absolute Gasteiger partial charge is 0.329 e. The van der Waals surface area contributed by atoms with Crippen LogP contribution in [0.2, 0.25) is 0 Å². The third-order valence-corrected chi connectivity index (χ3v) is 3.88. The van der Waals surface area contributed by atoms with E-state index in [-0.39, 0.29) is 24.7 Å². The van der Waals surface area contributed by atoms with E-state index in [9.17, 15) is 4.79 Å². The predicted octanol–water partition coefficient (Wildman–Crippen LogP) is 3.20. The number of aliphatic carboxylic acids is 1. The highest BCUT2D eigenvalue weighted by Gasteiger charge is 2.26. The summed E-state index contributed by atoms with van der Waals surface area (Å²) >= 11 is 0. The molecule has 1 aliphatic heterocycles. The molecule has 1 rings (SSSR count). The maximum absolute atomic E-state index is 10.8. The molecule has 0 spiro atoms. The lowest BCUT2D eigenvalue weighted by molar-refractivity contribution is -0.148. The van der Waals surface area contributed by atoms with Gasteiger partial charge in [0.05, 0.1) is 12.7 Å². The highest BCUT2D eigenvalue weighted by Crippen LogP contribution is 2.19. The van der Waals surface area contributed by atoms with Crippen LogP contribution in [0.1, 0.15) is 39.5 Å². The maximum Gasteiger partial charge on any atom is 0.329 e. The third kappa shape index (κ3) is 8.30. The van der Waals surface area contributed by atoms with Crippen LogP contribution < -0.4 is 0 Å². The Kier molecular flexibility index (Phi) is 9.83. The highest BCUT2D eigenvalue weighted by atomic mass is 16.5. The molecule has 0 amide bonds. The number of methoxy groups -OCH3 is 1. The van der Waals surface area contributed by atoms with E-state index in [0.717, 1.165) is 37.9 Å². The van der Waals surface area contributed by atoms with Crippen molar-refractivity contribution in [2.45, 2.75) is 51.7 Å². The molecule has 23 heavy (non-hydrogen) atoms. The SMILES string of the molecule is CO[C@H]1C=CCCCCCOCC(C)=C[C@@H](C)[C@@H]1OCC(=O)O. The lowest BCUT2D eigenvalue weighted by Gasteiger charge is -2.28. The highest BCUT2D eigenvalue weighted by molar-refractivity contribution is 5.68. The van der Waals surface area contributed by atoms with Gasteiger partial charge in [-0.15, -0.1) is 0 Å². The summed E-state index contributed by atoms with van der Waals surface area (Å²) in [5, 5.41) is 8.90. The Morgan fingerprint density at radius 1 is 1.39 bits per heavy atom. The molecule has 1 aliphatic rings. The van der Waals surface area contributed by atoms with Gasteiger partial charge in [-0.05, 0) is 26.2 Å². The fourth-order valence-electron chi connectivity index (χ4n) is 2.73. The minimum Gasteiger partial charge on any atom is -0.480 e. The van der Waals surface area contributed by atoms with Gasteiger partial charge in [-0.2, -0.15) is 0 Å². The van der Waals surface area contributed by atoms with Gasteiger partial charge < -0.3 is 19.3 Å². The van der Waals surface area contributed by atoms with Gasteiger partial charge in [0.2, 0.25) is 0 Å². The van der Waals surface area contributed by atoms with Crippen molar-refractivity contribution in [3.8, 4) is 0 Å². The molecule has 0 aromatic rings. The van der Waals surface area contributed by atoms with Crippen LogP contribution in [-0.4, -0.2) is 50.2 Å². The second kappa shape index (κ2) is 11.4. The van der Waals surface area contributed by atoms with Gasteiger partial charge in [-0.25, -0.2) is 4.79 Å². The zero-order chi connectivity index (χ0) is 17.1. The van der Waals surface area contributed by atoms with Gasteiger partial charge in [0.1, 0.15) is 12.7 Å². The first-order valence-corrected chi connectivity index (χ1v) is 8.32. The van der Waals surface area contributed by atoms with Crippen LogP contribution in [0, 0.1) is 5.92 Å². The Labute approximate surface area is 139 Å². The summed E-state index contributed by atoms with van der Waals surface area (Å²) in [6, 6.07) is 0. The first-order chi connectivity index (χ1) is 11.0. The molecular formula is C18H30O5. The van der Waals surface area contributed by atoms with Crippen molar-refractivity contribution in [1.29, 1.82) is 0 Å². The average molecular weight is 326 g/mol. The van der Waals surface area contributed by atoms with E-state index < -0.39 is 5.97 Å². The van der Waals surface area contributed by atoms with Crippen molar-refractivity contribution < 1.29 is 24.1 Å². The summed E-state index contributed by atoms with van der Waals surface area (Å²) in [4.78, 5) is 10.8. The first kappa shape index (κ1) is 19.9. The Morgan fingerprint density at radius 3 is 2.87 bits per heavy atom. The number of hydrogen-bond donors (Lipinski definition) is 1. The van der Waals surface area contributed by atoms with Crippen LogP contribution in [0.15, 0.2) is 23.8 Å². The van der Waals surface area contributed by atoms with Gasteiger partial charge >= 0.3 is 5.97 Å². The number of carboxylic acid groups (broad SMARTS) is 1. The molecule has 0 saturated carbocycles. The molecule has 5 nitrogen and oxygen atoms in total. The maximum atomic E-state index is 10.8. The van der Waals surface area contributed by atoms with E-state index in [0.29, 0.717) is 6.61 Å². The first-order valence-electron chi connectivity index (χ1n) is 8.32. The molecule has 0 fully saturated rings. The van der Waals surface area contributed by atoms with E-state index in [2.05, 4.69) is 12.2 Å². The quantitative estimate of drug-likeness (QED) is 0.804. The van der Waals surface area contributed by atoms with Crippen LogP contribution in [0.25, 0.3) is 0 Å². The molecule has 1 N–H and O–H groups in total. The zero-order valence-corrected chi connectivity index (χ0v) is 14.5. The number of carboxylic acids is 1. The van der Waals surface area contributed by atoms with Crippen molar-refractivity contribution in [2.24, 2.45) is 5.92 Å². The number of allylic oxidation sites excluding steroid dienone is 1. The van der Waals surface area contributed by atoms with E-state index >= 15 is 0 Å². The Bertz CT molecular complexity index is 402. The van der Waals surface area contributed by atoms with E-state index in [1.807, 2.05) is 19.9 Å². The number of ether oxygens (including phenoxy) is 3. The summed E-state index contributed by atoms with van der Waals surface area (Å²) in [5.74, 6) is -0.949. The summed E-state index contributed by atoms with van der Waals surface area (Å²) < 4.78 is 16.8. The Hall–Kier alpha value is -1.17. The largest absolute Gasteiger partial charge is 0.480 e. The van der Waals surface area contributed by atoms with Crippen molar-refractivity contribution in [1.82, 2.24) is 0 Å². The van der Waals surface area contributed by atoms with Crippen molar-refractivity contribution in [3.63, 3.8) is 0 Å². The second-order valence-corrected chi connectivity index (χ2v) is 6.07. The molecule has 0 saturated heterocycles. The summed E-state index contributed by atoms with van der Waals surface area (Å²) in [7, 11) is 1.63. The standard InChI is InChI=1S/C18H30O5/c1-14-11-15(2)18(23-13-17(19)20)16(21-3)9-7-5-4-6-8-10-22-12-14/h7,9,11,15-16,18H,4-6,8,10,12-13H2,1-3H3,(H,19,20)/t15-,16+,18+/m1/s1. The van der Waals surface area contributed by atoms with Crippen LogP contribution in [0.5, 0.6) is 0 Å². The molecule has 5 heteroatoms. The second-order valence-electron chi connectivity index (χ2n) is 6.07. The van der Waals surface area contributed by atoms with Gasteiger partial charge in [-0.3, -0.25) is 0 Å². The minimum absolute atomic E-state index is 0.0236. The van der Waals surface area contributed by atoms with Crippen molar-refractivity contribution in [2.75, 3.05) is 26.9 Å². The lowest BCUT2D eigenvalue weighted by Crippen LogP contribution is -2.36. The van der Waals surface area contributed by atoms with Gasteiger partial charge in [-0.1, -0.05) is 37.1 Å². The van der Waals surface area contributed by atoms with Crippen LogP contribution >= 0.6 is 0 Å². The third-order valence-electron chi connectivity index (χ3n) is 3.88. The average Bonchev–Trinajstić information content (AvgIpc) is 2.50. The number of rotatable bonds is 4. The lowest BCUT2D eigenvalue weighted by atomic mass is 9.96. The number of hydrogen-bond acceptors (Lipinski definition) is 4. The Balaban J connectivity index is 2.89. The molecule has 0 aromatic carbocycles. The monoisotopic (exact) mass is 326 g/mol. The summed E-state index contributed by atoms with van der Waals surface area (Å²) in [6.45, 7) is 5.09. The fraction of sp³-hybridized carbons (Fsp3) is 0.722. The van der Waals surface area contributed by atoms with Gasteiger partial charge in [0.15, 0.2) is 0 Å². The van der Waals surface area contributed by atoms with Crippen LogP contribution in [-0.2, 0) is 19.0 Å². The molecular weight excluding hydrogens is 296 g/mol. The Morgan fingerprint density at radius 2 is 2.17 bits per heavy atom. The summed E-state index contributed by atoms with van der Waals surface area (Å²) in [5.41, 5.74) is 1.12. The normalized spacial score (nSPS) is 28.0. The van der Waals surface area contributed by atoms with Crippen LogP contribution in [0.4, 0.5) is 0 Å². The topological polar surface area (TPSA) is 65.0 Å². The van der Waals surface area contributed by atoms with Crippen molar-refractivity contribution in [3.05, 3.63) is 23.8 Å². The van der Waals surface area contributed by atoms with Crippen molar-refractivity contribution >= 4 is 5.97 Å². The molecule has 0 aromatic heterocycles. The molecule has 0 unspecified atom stereocenters. The van der Waals surface area contributed by atoms with Gasteiger partial charge in [0, 0.05) is 19.6 Å². The van der Waals surface area contributed by atoms with Crippen LogP contribution in [0.3, 0.4) is 0 Å². The van der Waals surface area contributed by atoms with E-state index in [4.69, 9.17) is 19.3 Å². The molecule has 132 valence electrons. The molecule has 0 aliphatic carbocycles. The van der Waals surface area contributed by atoms with E-state index in [1.54, 1.807) is 7.11 Å². The van der Waals surface area contributed by atoms with E-state index in [1.165, 1.54) is 0 Å². The molecule has 3 atom stereocenters. The zero-order valence-electron chi connectivity index (χ0n) is 14.5. The molecule has 0 radical (unpaired) electrons. The summed E-state index contributed by atoms with van der Waals surface area (Å²) in [6.07, 6.45) is 9.88. The minimum atomic E-state index is -0.973.